The summed E-state index contributed by atoms with van der Waals surface area (Å²) in [4.78, 5) is 0. The zero-order chi connectivity index (χ0) is 9.68. The van der Waals surface area contributed by atoms with Gasteiger partial charge in [-0.05, 0) is 24.6 Å². The highest BCUT2D eigenvalue weighted by molar-refractivity contribution is 5.26. The largest absolute Gasteiger partial charge is 0.508 e. The van der Waals surface area contributed by atoms with Gasteiger partial charge in [0.15, 0.2) is 0 Å². The van der Waals surface area contributed by atoms with Gasteiger partial charge >= 0.3 is 0 Å². The van der Waals surface area contributed by atoms with Gasteiger partial charge in [-0.15, -0.1) is 0 Å². The summed E-state index contributed by atoms with van der Waals surface area (Å²) in [6, 6.07) is 6.84. The average Bonchev–Trinajstić information content (AvgIpc) is 2.15. The van der Waals surface area contributed by atoms with Gasteiger partial charge in [0, 0.05) is 0 Å². The molecular formula is C10H14O3. The summed E-state index contributed by atoms with van der Waals surface area (Å²) < 4.78 is 5.29. The first kappa shape index (κ1) is 10.0. The number of ether oxygens (including phenoxy) is 1. The second-order valence-corrected chi connectivity index (χ2v) is 2.83. The van der Waals surface area contributed by atoms with Crippen molar-refractivity contribution >= 4 is 0 Å². The van der Waals surface area contributed by atoms with Gasteiger partial charge in [0.2, 0.25) is 0 Å². The Hall–Kier alpha value is -1.06. The number of rotatable bonds is 4. The highest BCUT2D eigenvalue weighted by atomic mass is 16.5. The zero-order valence-corrected chi connectivity index (χ0v) is 7.60. The van der Waals surface area contributed by atoms with E-state index in [9.17, 15) is 0 Å². The Morgan fingerprint density at radius 2 is 1.92 bits per heavy atom. The lowest BCUT2D eigenvalue weighted by atomic mass is 10.1. The molecule has 0 aliphatic carbocycles. The van der Waals surface area contributed by atoms with E-state index in [1.54, 1.807) is 24.3 Å². The number of aliphatic hydroxyl groups is 1. The lowest BCUT2D eigenvalue weighted by molar-refractivity contribution is 0.0385. The summed E-state index contributed by atoms with van der Waals surface area (Å²) in [5.41, 5.74) is 0.992. The van der Waals surface area contributed by atoms with E-state index in [-0.39, 0.29) is 18.5 Å². The Morgan fingerprint density at radius 3 is 2.46 bits per heavy atom. The quantitative estimate of drug-likeness (QED) is 0.741. The molecule has 0 aliphatic rings. The minimum atomic E-state index is -0.0484. The van der Waals surface area contributed by atoms with Crippen molar-refractivity contribution in [3.63, 3.8) is 0 Å². The third-order valence-corrected chi connectivity index (χ3v) is 1.82. The van der Waals surface area contributed by atoms with Crippen molar-refractivity contribution in [1.29, 1.82) is 0 Å². The van der Waals surface area contributed by atoms with Crippen LogP contribution < -0.4 is 0 Å². The van der Waals surface area contributed by atoms with Crippen LogP contribution in [0, 0.1) is 0 Å². The Bertz CT molecular complexity index is 243. The molecule has 2 N–H and O–H groups in total. The lowest BCUT2D eigenvalue weighted by Gasteiger charge is -2.12. The van der Waals surface area contributed by atoms with Gasteiger partial charge in [-0.25, -0.2) is 0 Å². The smallest absolute Gasteiger partial charge is 0.115 e. The second kappa shape index (κ2) is 4.84. The number of hydrogen-bond donors (Lipinski definition) is 2. The van der Waals surface area contributed by atoms with Crippen LogP contribution in [0.5, 0.6) is 5.75 Å². The van der Waals surface area contributed by atoms with Crippen molar-refractivity contribution in [2.24, 2.45) is 0 Å². The number of phenolic OH excluding ortho intramolecular Hbond substituents is 1. The van der Waals surface area contributed by atoms with Crippen LogP contribution >= 0.6 is 0 Å². The van der Waals surface area contributed by atoms with E-state index in [0.717, 1.165) is 5.56 Å². The van der Waals surface area contributed by atoms with E-state index in [4.69, 9.17) is 14.9 Å². The number of phenols is 1. The van der Waals surface area contributed by atoms with E-state index < -0.39 is 0 Å². The van der Waals surface area contributed by atoms with Crippen molar-refractivity contribution < 1.29 is 14.9 Å². The Kier molecular flexibility index (Phi) is 3.73. The molecule has 13 heavy (non-hydrogen) atoms. The molecule has 0 bridgehead atoms. The fourth-order valence-corrected chi connectivity index (χ4v) is 1.07. The maximum Gasteiger partial charge on any atom is 0.115 e. The van der Waals surface area contributed by atoms with Crippen molar-refractivity contribution in [2.45, 2.75) is 13.0 Å². The van der Waals surface area contributed by atoms with Gasteiger partial charge in [-0.3, -0.25) is 0 Å². The molecule has 0 amide bonds. The highest BCUT2D eigenvalue weighted by Crippen LogP contribution is 2.18. The first-order chi connectivity index (χ1) is 6.24. The summed E-state index contributed by atoms with van der Waals surface area (Å²) in [5.74, 6) is 0.248. The summed E-state index contributed by atoms with van der Waals surface area (Å²) >= 11 is 0. The van der Waals surface area contributed by atoms with Crippen LogP contribution in [0.4, 0.5) is 0 Å². The van der Waals surface area contributed by atoms with Gasteiger partial charge in [0.1, 0.15) is 5.75 Å². The van der Waals surface area contributed by atoms with Crippen molar-refractivity contribution in [1.82, 2.24) is 0 Å². The number of aliphatic hydroxyl groups excluding tert-OH is 1. The SMILES string of the molecule is CC(OCCO)c1ccc(O)cc1. The molecule has 0 saturated carbocycles. The molecule has 72 valence electrons. The minimum Gasteiger partial charge on any atom is -0.508 e. The van der Waals surface area contributed by atoms with E-state index in [2.05, 4.69) is 0 Å². The van der Waals surface area contributed by atoms with Gasteiger partial charge < -0.3 is 14.9 Å². The molecule has 0 saturated heterocycles. The van der Waals surface area contributed by atoms with Crippen LogP contribution in [0.15, 0.2) is 24.3 Å². The van der Waals surface area contributed by atoms with Crippen molar-refractivity contribution in [3.8, 4) is 5.75 Å². The van der Waals surface area contributed by atoms with E-state index in [1.165, 1.54) is 0 Å². The van der Waals surface area contributed by atoms with Crippen molar-refractivity contribution in [3.05, 3.63) is 29.8 Å². The first-order valence-corrected chi connectivity index (χ1v) is 4.25. The van der Waals surface area contributed by atoms with E-state index in [1.807, 2.05) is 6.92 Å². The molecule has 3 heteroatoms. The summed E-state index contributed by atoms with van der Waals surface area (Å²) in [7, 11) is 0. The number of hydrogen-bond acceptors (Lipinski definition) is 3. The summed E-state index contributed by atoms with van der Waals surface area (Å²) in [5, 5.41) is 17.6. The minimum absolute atomic E-state index is 0.0302. The Balaban J connectivity index is 2.55. The molecule has 1 aromatic rings. The monoisotopic (exact) mass is 182 g/mol. The maximum absolute atomic E-state index is 9.03. The van der Waals surface area contributed by atoms with E-state index in [0.29, 0.717) is 6.61 Å². The molecule has 1 rings (SSSR count). The summed E-state index contributed by atoms with van der Waals surface area (Å²) in [6.45, 7) is 2.27. The second-order valence-electron chi connectivity index (χ2n) is 2.83. The molecule has 0 aliphatic heterocycles. The van der Waals surface area contributed by atoms with E-state index >= 15 is 0 Å². The van der Waals surface area contributed by atoms with Gasteiger partial charge in [0.25, 0.3) is 0 Å². The van der Waals surface area contributed by atoms with Gasteiger partial charge in [-0.2, -0.15) is 0 Å². The van der Waals surface area contributed by atoms with Gasteiger partial charge in [0.05, 0.1) is 19.3 Å². The van der Waals surface area contributed by atoms with Crippen molar-refractivity contribution in [2.75, 3.05) is 13.2 Å². The summed E-state index contributed by atoms with van der Waals surface area (Å²) in [6.07, 6.45) is -0.0484. The average molecular weight is 182 g/mol. The fourth-order valence-electron chi connectivity index (χ4n) is 1.07. The molecule has 0 radical (unpaired) electrons. The third kappa shape index (κ3) is 3.05. The molecule has 0 fully saturated rings. The third-order valence-electron chi connectivity index (χ3n) is 1.82. The highest BCUT2D eigenvalue weighted by Gasteiger charge is 2.04. The molecule has 3 nitrogen and oxygen atoms in total. The Labute approximate surface area is 77.6 Å². The first-order valence-electron chi connectivity index (χ1n) is 4.25. The molecular weight excluding hydrogens is 168 g/mol. The van der Waals surface area contributed by atoms with Crippen LogP contribution in [0.1, 0.15) is 18.6 Å². The zero-order valence-electron chi connectivity index (χ0n) is 7.60. The normalized spacial score (nSPS) is 12.8. The Morgan fingerprint density at radius 1 is 1.31 bits per heavy atom. The predicted molar refractivity (Wildman–Crippen MR) is 49.6 cm³/mol. The van der Waals surface area contributed by atoms with Crippen LogP contribution in [0.25, 0.3) is 0 Å². The number of benzene rings is 1. The predicted octanol–water partition coefficient (Wildman–Crippen LogP) is 1.46. The maximum atomic E-state index is 9.03. The molecule has 1 unspecified atom stereocenters. The fraction of sp³-hybridized carbons (Fsp3) is 0.400. The standard InChI is InChI=1S/C10H14O3/c1-8(13-7-6-11)9-2-4-10(12)5-3-9/h2-5,8,11-12H,6-7H2,1H3. The topological polar surface area (TPSA) is 49.7 Å². The molecule has 0 heterocycles. The molecule has 0 aromatic heterocycles. The van der Waals surface area contributed by atoms with Crippen LogP contribution in [-0.2, 0) is 4.74 Å². The van der Waals surface area contributed by atoms with Crippen LogP contribution in [-0.4, -0.2) is 23.4 Å². The molecule has 1 atom stereocenters. The van der Waals surface area contributed by atoms with Crippen LogP contribution in [0.2, 0.25) is 0 Å². The molecule has 0 spiro atoms. The number of aromatic hydroxyl groups is 1. The van der Waals surface area contributed by atoms with Crippen LogP contribution in [0.3, 0.4) is 0 Å². The lowest BCUT2D eigenvalue weighted by Crippen LogP contribution is -2.04. The molecule has 1 aromatic carbocycles. The van der Waals surface area contributed by atoms with Gasteiger partial charge in [-0.1, -0.05) is 12.1 Å².